The van der Waals surface area contributed by atoms with Crippen molar-refractivity contribution in [3.63, 3.8) is 0 Å². The molecule has 0 fully saturated rings. The van der Waals surface area contributed by atoms with E-state index >= 15 is 0 Å². The molecule has 2 rings (SSSR count). The summed E-state index contributed by atoms with van der Waals surface area (Å²) in [6.45, 7) is 4.99. The van der Waals surface area contributed by atoms with Gasteiger partial charge in [-0.3, -0.25) is 5.43 Å². The van der Waals surface area contributed by atoms with Gasteiger partial charge in [0.25, 0.3) is 0 Å². The topological polar surface area (TPSA) is 110 Å². The van der Waals surface area contributed by atoms with Crippen LogP contribution in [0.1, 0.15) is 19.4 Å². The summed E-state index contributed by atoms with van der Waals surface area (Å²) >= 11 is 0. The summed E-state index contributed by atoms with van der Waals surface area (Å²) in [6.07, 6.45) is 0.139. The second-order valence-electron chi connectivity index (χ2n) is 6.54. The van der Waals surface area contributed by atoms with Gasteiger partial charge in [0.15, 0.2) is 17.3 Å². The van der Waals surface area contributed by atoms with E-state index in [1.807, 2.05) is 32.0 Å². The van der Waals surface area contributed by atoms with E-state index in [0.717, 1.165) is 17.7 Å². The lowest BCUT2D eigenvalue weighted by Crippen LogP contribution is -2.32. The van der Waals surface area contributed by atoms with Crippen LogP contribution >= 0.6 is 0 Å². The Morgan fingerprint density at radius 1 is 1.10 bits per heavy atom. The molecule has 0 saturated carbocycles. The lowest BCUT2D eigenvalue weighted by atomic mass is 10.1. The molecule has 1 heterocycles. The molecule has 158 valence electrons. The molecule has 0 aliphatic carbocycles. The standard InChI is InChI=1S/C20H29N5O4/c1-14(2)22-23-19-7-8-20(25-24-19)29-13-16(26)12-21-10-9-15-5-6-17(27-3)18(11-15)28-4/h5-8,11,16,21,26H,9-10,12-13H2,1-4H3,(H,23,24)/t16-/m1/s1. The van der Waals surface area contributed by atoms with Gasteiger partial charge in [0.1, 0.15) is 12.7 Å². The fourth-order valence-corrected chi connectivity index (χ4v) is 2.40. The minimum absolute atomic E-state index is 0.122. The molecular formula is C20H29N5O4. The van der Waals surface area contributed by atoms with Crippen molar-refractivity contribution in [1.29, 1.82) is 0 Å². The van der Waals surface area contributed by atoms with Gasteiger partial charge in [0.05, 0.1) is 14.2 Å². The number of hydrogen-bond donors (Lipinski definition) is 3. The first kappa shape index (κ1) is 22.4. The second-order valence-corrected chi connectivity index (χ2v) is 6.54. The van der Waals surface area contributed by atoms with Gasteiger partial charge in [-0.25, -0.2) is 0 Å². The van der Waals surface area contributed by atoms with Crippen LogP contribution in [0.2, 0.25) is 0 Å². The van der Waals surface area contributed by atoms with Crippen LogP contribution in [0, 0.1) is 0 Å². The largest absolute Gasteiger partial charge is 0.493 e. The highest BCUT2D eigenvalue weighted by Crippen LogP contribution is 2.27. The number of anilines is 1. The van der Waals surface area contributed by atoms with Gasteiger partial charge in [-0.05, 0) is 50.6 Å². The summed E-state index contributed by atoms with van der Waals surface area (Å²) in [6, 6.07) is 9.21. The van der Waals surface area contributed by atoms with Crippen molar-refractivity contribution in [3.8, 4) is 17.4 Å². The predicted octanol–water partition coefficient (Wildman–Crippen LogP) is 1.87. The molecule has 0 amide bonds. The SMILES string of the molecule is COc1ccc(CCNC[C@@H](O)COc2ccc(NN=C(C)C)nn2)cc1OC. The molecule has 0 spiro atoms. The number of hydrogen-bond acceptors (Lipinski definition) is 9. The van der Waals surface area contributed by atoms with Crippen molar-refractivity contribution < 1.29 is 19.3 Å². The number of aliphatic hydroxyl groups excluding tert-OH is 1. The Balaban J connectivity index is 1.67. The first-order valence-electron chi connectivity index (χ1n) is 9.35. The van der Waals surface area contributed by atoms with E-state index < -0.39 is 6.10 Å². The van der Waals surface area contributed by atoms with Crippen molar-refractivity contribution in [2.24, 2.45) is 5.10 Å². The smallest absolute Gasteiger partial charge is 0.233 e. The van der Waals surface area contributed by atoms with Crippen LogP contribution in [-0.2, 0) is 6.42 Å². The first-order valence-corrected chi connectivity index (χ1v) is 9.35. The summed E-state index contributed by atoms with van der Waals surface area (Å²) < 4.78 is 16.0. The molecule has 0 aliphatic rings. The Bertz CT molecular complexity index is 779. The molecule has 0 saturated heterocycles. The van der Waals surface area contributed by atoms with Gasteiger partial charge >= 0.3 is 0 Å². The average molecular weight is 403 g/mol. The van der Waals surface area contributed by atoms with E-state index in [4.69, 9.17) is 14.2 Å². The summed E-state index contributed by atoms with van der Waals surface area (Å²) in [4.78, 5) is 0. The van der Waals surface area contributed by atoms with Crippen molar-refractivity contribution in [1.82, 2.24) is 15.5 Å². The van der Waals surface area contributed by atoms with Crippen LogP contribution in [0.3, 0.4) is 0 Å². The highest BCUT2D eigenvalue weighted by Gasteiger charge is 2.07. The molecule has 1 aromatic heterocycles. The third-order valence-electron chi connectivity index (χ3n) is 3.88. The van der Waals surface area contributed by atoms with Crippen molar-refractivity contribution in [3.05, 3.63) is 35.9 Å². The van der Waals surface area contributed by atoms with Gasteiger partial charge < -0.3 is 24.6 Å². The zero-order valence-electron chi connectivity index (χ0n) is 17.3. The van der Waals surface area contributed by atoms with Gasteiger partial charge in [-0.15, -0.1) is 10.2 Å². The number of nitrogens with zero attached hydrogens (tertiary/aromatic N) is 3. The van der Waals surface area contributed by atoms with E-state index in [1.54, 1.807) is 26.4 Å². The summed E-state index contributed by atoms with van der Waals surface area (Å²) in [5.74, 6) is 2.28. The Morgan fingerprint density at radius 2 is 1.90 bits per heavy atom. The fourth-order valence-electron chi connectivity index (χ4n) is 2.40. The number of nitrogens with one attached hydrogen (secondary N) is 2. The van der Waals surface area contributed by atoms with Crippen molar-refractivity contribution in [2.75, 3.05) is 39.3 Å². The van der Waals surface area contributed by atoms with Gasteiger partial charge in [-0.1, -0.05) is 6.07 Å². The number of benzene rings is 1. The van der Waals surface area contributed by atoms with E-state index in [1.165, 1.54) is 0 Å². The van der Waals surface area contributed by atoms with Gasteiger partial charge in [0, 0.05) is 18.3 Å². The molecule has 9 nitrogen and oxygen atoms in total. The zero-order valence-corrected chi connectivity index (χ0v) is 17.3. The van der Waals surface area contributed by atoms with Crippen molar-refractivity contribution in [2.45, 2.75) is 26.4 Å². The van der Waals surface area contributed by atoms with Crippen LogP contribution in [0.4, 0.5) is 5.82 Å². The summed E-state index contributed by atoms with van der Waals surface area (Å²) in [5, 5.41) is 25.2. The fraction of sp³-hybridized carbons (Fsp3) is 0.450. The number of rotatable bonds is 12. The maximum Gasteiger partial charge on any atom is 0.233 e. The quantitative estimate of drug-likeness (QED) is 0.280. The Labute approximate surface area is 171 Å². The molecule has 29 heavy (non-hydrogen) atoms. The van der Waals surface area contributed by atoms with E-state index in [9.17, 15) is 5.11 Å². The lowest BCUT2D eigenvalue weighted by Gasteiger charge is -2.13. The summed E-state index contributed by atoms with van der Waals surface area (Å²) in [5.41, 5.74) is 4.78. The normalized spacial score (nSPS) is 11.5. The molecule has 2 aromatic rings. The lowest BCUT2D eigenvalue weighted by molar-refractivity contribution is 0.103. The molecule has 1 atom stereocenters. The molecule has 1 aromatic carbocycles. The number of ether oxygens (including phenoxy) is 3. The number of hydrazone groups is 1. The zero-order chi connectivity index (χ0) is 21.1. The van der Waals surface area contributed by atoms with Crippen LogP contribution in [0.5, 0.6) is 17.4 Å². The van der Waals surface area contributed by atoms with E-state index in [2.05, 4.69) is 26.0 Å². The number of aliphatic hydroxyl groups is 1. The molecule has 3 N–H and O–H groups in total. The molecule has 0 aliphatic heterocycles. The number of methoxy groups -OCH3 is 2. The van der Waals surface area contributed by atoms with E-state index in [0.29, 0.717) is 36.3 Å². The number of aromatic nitrogens is 2. The molecule has 0 radical (unpaired) electrons. The maximum atomic E-state index is 10.1. The summed E-state index contributed by atoms with van der Waals surface area (Å²) in [7, 11) is 3.23. The van der Waals surface area contributed by atoms with Crippen LogP contribution < -0.4 is 25.0 Å². The minimum Gasteiger partial charge on any atom is -0.493 e. The molecule has 9 heteroatoms. The van der Waals surface area contributed by atoms with Crippen LogP contribution in [0.15, 0.2) is 35.4 Å². The van der Waals surface area contributed by atoms with Gasteiger partial charge in [-0.2, -0.15) is 5.10 Å². The molecule has 0 unspecified atom stereocenters. The molecular weight excluding hydrogens is 374 g/mol. The highest BCUT2D eigenvalue weighted by molar-refractivity contribution is 5.79. The van der Waals surface area contributed by atoms with E-state index in [-0.39, 0.29) is 6.61 Å². The maximum absolute atomic E-state index is 10.1. The van der Waals surface area contributed by atoms with Gasteiger partial charge in [0.2, 0.25) is 5.88 Å². The van der Waals surface area contributed by atoms with Crippen molar-refractivity contribution >= 4 is 11.5 Å². The Hall–Kier alpha value is -2.91. The third-order valence-corrected chi connectivity index (χ3v) is 3.88. The van der Waals surface area contributed by atoms with Crippen LogP contribution in [-0.4, -0.2) is 61.0 Å². The second kappa shape index (κ2) is 11.8. The highest BCUT2D eigenvalue weighted by atomic mass is 16.5. The first-order chi connectivity index (χ1) is 14.0. The van der Waals surface area contributed by atoms with Crippen LogP contribution in [0.25, 0.3) is 0 Å². The minimum atomic E-state index is -0.660. The molecule has 0 bridgehead atoms. The predicted molar refractivity (Wildman–Crippen MR) is 112 cm³/mol. The third kappa shape index (κ3) is 7.92. The Kier molecular flexibility index (Phi) is 9.13. The average Bonchev–Trinajstić information content (AvgIpc) is 2.74. The Morgan fingerprint density at radius 3 is 2.55 bits per heavy atom. The monoisotopic (exact) mass is 403 g/mol.